The smallest absolute Gasteiger partial charge is 0.0595 e. The summed E-state index contributed by atoms with van der Waals surface area (Å²) >= 11 is 0. The molecule has 1 aliphatic heterocycles. The van der Waals surface area contributed by atoms with Crippen LogP contribution in [0.2, 0.25) is 0 Å². The van der Waals surface area contributed by atoms with Crippen molar-refractivity contribution in [1.29, 1.82) is 0 Å². The quantitative estimate of drug-likeness (QED) is 0.730. The standard InChI is InChI=1S/C12H23NO.C2H6/c1-3-12(6-7-12)10-13-8-4-11(14-2)5-9-13;1-2/h11H,3-10H2,1-2H3;1-2H3. The third kappa shape index (κ3) is 3.74. The van der Waals surface area contributed by atoms with Gasteiger partial charge in [-0.05, 0) is 37.5 Å². The Hall–Kier alpha value is -0.0800. The Kier molecular flexibility index (Phi) is 5.77. The van der Waals surface area contributed by atoms with Crippen molar-refractivity contribution in [1.82, 2.24) is 4.90 Å². The van der Waals surface area contributed by atoms with E-state index in [4.69, 9.17) is 4.74 Å². The fourth-order valence-electron chi connectivity index (χ4n) is 2.58. The first-order valence-electron chi connectivity index (χ1n) is 7.03. The SMILES string of the molecule is CC.CCC1(CN2CCC(OC)CC2)CC1. The molecular weight excluding hydrogens is 198 g/mol. The van der Waals surface area contributed by atoms with E-state index in [0.717, 1.165) is 5.41 Å². The molecule has 1 heterocycles. The lowest BCUT2D eigenvalue weighted by atomic mass is 10.0. The summed E-state index contributed by atoms with van der Waals surface area (Å²) in [6.07, 6.45) is 7.30. The summed E-state index contributed by atoms with van der Waals surface area (Å²) in [7, 11) is 1.84. The number of likely N-dealkylation sites (tertiary alicyclic amines) is 1. The van der Waals surface area contributed by atoms with Gasteiger partial charge in [0.15, 0.2) is 0 Å². The summed E-state index contributed by atoms with van der Waals surface area (Å²) in [5.74, 6) is 0. The minimum absolute atomic E-state index is 0.531. The van der Waals surface area contributed by atoms with Gasteiger partial charge in [-0.15, -0.1) is 0 Å². The van der Waals surface area contributed by atoms with Crippen molar-refractivity contribution in [3.05, 3.63) is 0 Å². The Morgan fingerprint density at radius 2 is 1.75 bits per heavy atom. The second-order valence-corrected chi connectivity index (χ2v) is 5.06. The van der Waals surface area contributed by atoms with E-state index < -0.39 is 0 Å². The van der Waals surface area contributed by atoms with Gasteiger partial charge in [0.05, 0.1) is 6.10 Å². The predicted octanol–water partition coefficient (Wildman–Crippen LogP) is 3.31. The number of methoxy groups -OCH3 is 1. The molecule has 16 heavy (non-hydrogen) atoms. The third-order valence-electron chi connectivity index (χ3n) is 4.13. The van der Waals surface area contributed by atoms with Crippen molar-refractivity contribution in [3.63, 3.8) is 0 Å². The maximum Gasteiger partial charge on any atom is 0.0595 e. The summed E-state index contributed by atoms with van der Waals surface area (Å²) in [5, 5.41) is 0. The number of hydrogen-bond donors (Lipinski definition) is 0. The third-order valence-corrected chi connectivity index (χ3v) is 4.13. The van der Waals surface area contributed by atoms with E-state index in [1.807, 2.05) is 21.0 Å². The van der Waals surface area contributed by atoms with E-state index in [0.29, 0.717) is 6.10 Å². The molecule has 1 saturated heterocycles. The van der Waals surface area contributed by atoms with Gasteiger partial charge < -0.3 is 9.64 Å². The highest BCUT2D eigenvalue weighted by molar-refractivity contribution is 4.95. The van der Waals surface area contributed by atoms with Crippen LogP contribution in [0.25, 0.3) is 0 Å². The zero-order chi connectivity index (χ0) is 12.0. The minimum atomic E-state index is 0.531. The number of hydrogen-bond acceptors (Lipinski definition) is 2. The topological polar surface area (TPSA) is 12.5 Å². The molecule has 2 rings (SSSR count). The molecule has 0 N–H and O–H groups in total. The van der Waals surface area contributed by atoms with Gasteiger partial charge in [0.1, 0.15) is 0 Å². The maximum atomic E-state index is 5.38. The molecule has 1 aliphatic carbocycles. The average molecular weight is 227 g/mol. The van der Waals surface area contributed by atoms with Crippen LogP contribution < -0.4 is 0 Å². The van der Waals surface area contributed by atoms with E-state index in [9.17, 15) is 0 Å². The summed E-state index contributed by atoms with van der Waals surface area (Å²) < 4.78 is 5.38. The van der Waals surface area contributed by atoms with Gasteiger partial charge in [-0.25, -0.2) is 0 Å². The van der Waals surface area contributed by atoms with Crippen molar-refractivity contribution in [3.8, 4) is 0 Å². The monoisotopic (exact) mass is 227 g/mol. The van der Waals surface area contributed by atoms with Crippen LogP contribution in [0, 0.1) is 5.41 Å². The maximum absolute atomic E-state index is 5.38. The highest BCUT2D eigenvalue weighted by Crippen LogP contribution is 2.49. The van der Waals surface area contributed by atoms with Crippen LogP contribution >= 0.6 is 0 Å². The van der Waals surface area contributed by atoms with Gasteiger partial charge in [0, 0.05) is 26.7 Å². The molecule has 0 radical (unpaired) electrons. The van der Waals surface area contributed by atoms with Crippen LogP contribution in [0.1, 0.15) is 52.9 Å². The molecule has 0 atom stereocenters. The molecule has 1 saturated carbocycles. The van der Waals surface area contributed by atoms with Crippen LogP contribution in [0.5, 0.6) is 0 Å². The van der Waals surface area contributed by atoms with Crippen LogP contribution in [0.4, 0.5) is 0 Å². The van der Waals surface area contributed by atoms with Gasteiger partial charge in [-0.2, -0.15) is 0 Å². The van der Waals surface area contributed by atoms with Gasteiger partial charge in [0.2, 0.25) is 0 Å². The van der Waals surface area contributed by atoms with E-state index in [-0.39, 0.29) is 0 Å². The number of rotatable bonds is 4. The average Bonchev–Trinajstić information content (AvgIpc) is 3.13. The Labute approximate surface area is 101 Å². The molecule has 0 spiro atoms. The molecule has 96 valence electrons. The first-order chi connectivity index (χ1) is 7.78. The van der Waals surface area contributed by atoms with Crippen LogP contribution in [0.15, 0.2) is 0 Å². The number of piperidine rings is 1. The predicted molar refractivity (Wildman–Crippen MR) is 69.8 cm³/mol. The molecular formula is C14H29NO. The van der Waals surface area contributed by atoms with Crippen LogP contribution in [-0.4, -0.2) is 37.7 Å². The van der Waals surface area contributed by atoms with Gasteiger partial charge in [0.25, 0.3) is 0 Å². The minimum Gasteiger partial charge on any atom is -0.381 e. The molecule has 0 aromatic carbocycles. The highest BCUT2D eigenvalue weighted by atomic mass is 16.5. The molecule has 0 aromatic heterocycles. The first-order valence-corrected chi connectivity index (χ1v) is 7.03. The van der Waals surface area contributed by atoms with Gasteiger partial charge in [-0.3, -0.25) is 0 Å². The van der Waals surface area contributed by atoms with Crippen molar-refractivity contribution in [2.45, 2.75) is 59.0 Å². The van der Waals surface area contributed by atoms with E-state index in [1.54, 1.807) is 0 Å². The fraction of sp³-hybridized carbons (Fsp3) is 1.00. The van der Waals surface area contributed by atoms with E-state index in [2.05, 4.69) is 11.8 Å². The lowest BCUT2D eigenvalue weighted by Crippen LogP contribution is -2.39. The zero-order valence-electron chi connectivity index (χ0n) is 11.6. The second-order valence-electron chi connectivity index (χ2n) is 5.06. The van der Waals surface area contributed by atoms with Crippen molar-refractivity contribution in [2.75, 3.05) is 26.7 Å². The summed E-state index contributed by atoms with van der Waals surface area (Å²) in [5.41, 5.74) is 0.722. The van der Waals surface area contributed by atoms with Crippen molar-refractivity contribution >= 4 is 0 Å². The van der Waals surface area contributed by atoms with Crippen LogP contribution in [-0.2, 0) is 4.74 Å². The van der Waals surface area contributed by atoms with E-state index >= 15 is 0 Å². The van der Waals surface area contributed by atoms with Gasteiger partial charge in [-0.1, -0.05) is 20.8 Å². The van der Waals surface area contributed by atoms with Crippen molar-refractivity contribution < 1.29 is 4.74 Å². The lowest BCUT2D eigenvalue weighted by Gasteiger charge is -2.33. The molecule has 2 nitrogen and oxygen atoms in total. The number of ether oxygens (including phenoxy) is 1. The molecule has 2 heteroatoms. The molecule has 0 bridgehead atoms. The largest absolute Gasteiger partial charge is 0.381 e. The first kappa shape index (κ1) is 14.0. The fourth-order valence-corrected chi connectivity index (χ4v) is 2.58. The molecule has 0 aromatic rings. The van der Waals surface area contributed by atoms with Crippen molar-refractivity contribution in [2.24, 2.45) is 5.41 Å². The van der Waals surface area contributed by atoms with E-state index in [1.165, 1.54) is 51.7 Å². The Bertz CT molecular complexity index is 181. The Balaban J connectivity index is 0.000000606. The number of nitrogens with zero attached hydrogens (tertiary/aromatic N) is 1. The summed E-state index contributed by atoms with van der Waals surface area (Å²) in [6.45, 7) is 10.2. The Morgan fingerprint density at radius 1 is 1.19 bits per heavy atom. The highest BCUT2D eigenvalue weighted by Gasteiger charge is 2.42. The molecule has 2 aliphatic rings. The lowest BCUT2D eigenvalue weighted by molar-refractivity contribution is 0.0348. The summed E-state index contributed by atoms with van der Waals surface area (Å²) in [6, 6.07) is 0. The normalized spacial score (nSPS) is 24.8. The summed E-state index contributed by atoms with van der Waals surface area (Å²) in [4.78, 5) is 2.64. The van der Waals surface area contributed by atoms with Crippen LogP contribution in [0.3, 0.4) is 0 Å². The molecule has 0 unspecified atom stereocenters. The van der Waals surface area contributed by atoms with Gasteiger partial charge >= 0.3 is 0 Å². The Morgan fingerprint density at radius 3 is 2.12 bits per heavy atom. The second kappa shape index (κ2) is 6.61. The zero-order valence-corrected chi connectivity index (χ0v) is 11.6. The molecule has 0 amide bonds. The molecule has 2 fully saturated rings.